The molecule has 10 heteroatoms. The van der Waals surface area contributed by atoms with E-state index in [-0.39, 0.29) is 4.90 Å². The number of nitrogens with one attached hydrogen (secondary N) is 1. The minimum absolute atomic E-state index is 0.0998. The van der Waals surface area contributed by atoms with E-state index in [4.69, 9.17) is 19.0 Å². The summed E-state index contributed by atoms with van der Waals surface area (Å²) in [5.41, 5.74) is 1.72. The molecular formula is C19H22N4O5S. The first kappa shape index (κ1) is 20.8. The lowest BCUT2D eigenvalue weighted by atomic mass is 10.1. The average Bonchev–Trinajstić information content (AvgIpc) is 3.19. The predicted molar refractivity (Wildman–Crippen MR) is 106 cm³/mol. The number of methoxy groups -OCH3 is 2. The van der Waals surface area contributed by atoms with Gasteiger partial charge in [0.15, 0.2) is 11.5 Å². The summed E-state index contributed by atoms with van der Waals surface area (Å²) in [5, 5.41) is 16.4. The molecule has 0 aliphatic heterocycles. The number of nitrogens with zero attached hydrogens (tertiary/aromatic N) is 2. The summed E-state index contributed by atoms with van der Waals surface area (Å²) in [6.07, 6.45) is 0.710. The fraction of sp³-hybridized carbons (Fsp3) is 0.263. The maximum absolute atomic E-state index is 11.3. The third kappa shape index (κ3) is 5.31. The number of hydrogen-bond acceptors (Lipinski definition) is 8. The molecule has 0 radical (unpaired) electrons. The summed E-state index contributed by atoms with van der Waals surface area (Å²) in [6, 6.07) is 11.8. The molecule has 0 bridgehead atoms. The number of rotatable bonds is 9. The molecule has 0 saturated heterocycles. The van der Waals surface area contributed by atoms with Crippen molar-refractivity contribution < 1.29 is 22.3 Å². The van der Waals surface area contributed by atoms with Crippen LogP contribution in [0.2, 0.25) is 0 Å². The van der Waals surface area contributed by atoms with Gasteiger partial charge in [-0.2, -0.15) is 0 Å². The highest BCUT2D eigenvalue weighted by Gasteiger charge is 2.12. The molecule has 9 nitrogen and oxygen atoms in total. The lowest BCUT2D eigenvalue weighted by molar-refractivity contribution is 0.355. The molecule has 0 atom stereocenters. The van der Waals surface area contributed by atoms with Gasteiger partial charge < -0.3 is 19.2 Å². The van der Waals surface area contributed by atoms with Crippen LogP contribution in [0.3, 0.4) is 0 Å². The Bertz CT molecular complexity index is 1060. The Balaban J connectivity index is 1.53. The van der Waals surface area contributed by atoms with Crippen LogP contribution in [0, 0.1) is 0 Å². The molecule has 0 unspecified atom stereocenters. The Hall–Kier alpha value is -2.95. The highest BCUT2D eigenvalue weighted by atomic mass is 32.2. The molecule has 3 rings (SSSR count). The summed E-state index contributed by atoms with van der Waals surface area (Å²) in [5.74, 6) is 2.05. The molecule has 3 N–H and O–H groups in total. The molecule has 1 aromatic heterocycles. The van der Waals surface area contributed by atoms with Crippen LogP contribution in [-0.4, -0.2) is 39.4 Å². The Morgan fingerprint density at radius 2 is 1.76 bits per heavy atom. The highest BCUT2D eigenvalue weighted by molar-refractivity contribution is 7.89. The van der Waals surface area contributed by atoms with Crippen molar-refractivity contribution in [2.75, 3.05) is 20.8 Å². The molecule has 0 amide bonds. The summed E-state index contributed by atoms with van der Waals surface area (Å²) >= 11 is 0. The molecule has 154 valence electrons. The zero-order valence-electron chi connectivity index (χ0n) is 16.1. The average molecular weight is 418 g/mol. The second-order valence-corrected chi connectivity index (χ2v) is 7.75. The second kappa shape index (κ2) is 9.03. The number of benzene rings is 2. The van der Waals surface area contributed by atoms with Gasteiger partial charge in [-0.25, -0.2) is 13.6 Å². The third-order valence-electron chi connectivity index (χ3n) is 4.22. The van der Waals surface area contributed by atoms with Gasteiger partial charge in [-0.1, -0.05) is 12.1 Å². The van der Waals surface area contributed by atoms with Crippen molar-refractivity contribution in [3.8, 4) is 23.0 Å². The maximum atomic E-state index is 11.3. The fourth-order valence-corrected chi connectivity index (χ4v) is 3.20. The van der Waals surface area contributed by atoms with E-state index >= 15 is 0 Å². The molecule has 0 spiro atoms. The van der Waals surface area contributed by atoms with Crippen LogP contribution in [0.1, 0.15) is 11.5 Å². The molecule has 0 aliphatic rings. The van der Waals surface area contributed by atoms with Crippen molar-refractivity contribution in [1.82, 2.24) is 15.5 Å². The van der Waals surface area contributed by atoms with Crippen LogP contribution in [0.15, 0.2) is 51.8 Å². The lowest BCUT2D eigenvalue weighted by Gasteiger charge is -2.07. The van der Waals surface area contributed by atoms with Gasteiger partial charge in [0.05, 0.1) is 25.7 Å². The summed E-state index contributed by atoms with van der Waals surface area (Å²) in [7, 11) is -0.533. The van der Waals surface area contributed by atoms with Gasteiger partial charge in [-0.15, -0.1) is 10.2 Å². The fourth-order valence-electron chi connectivity index (χ4n) is 2.68. The van der Waals surface area contributed by atoms with Crippen molar-refractivity contribution >= 4 is 10.0 Å². The van der Waals surface area contributed by atoms with Gasteiger partial charge in [0.1, 0.15) is 0 Å². The van der Waals surface area contributed by atoms with Crippen LogP contribution in [0.25, 0.3) is 11.5 Å². The topological polar surface area (TPSA) is 130 Å². The quantitative estimate of drug-likeness (QED) is 0.503. The molecular weight excluding hydrogens is 396 g/mol. The zero-order valence-corrected chi connectivity index (χ0v) is 16.9. The first-order chi connectivity index (χ1) is 13.9. The summed E-state index contributed by atoms with van der Waals surface area (Å²) in [4.78, 5) is 0.0998. The van der Waals surface area contributed by atoms with Crippen LogP contribution in [0.4, 0.5) is 0 Å². The van der Waals surface area contributed by atoms with Gasteiger partial charge >= 0.3 is 0 Å². The summed E-state index contributed by atoms with van der Waals surface area (Å²) in [6.45, 7) is 1.07. The minimum atomic E-state index is -3.67. The van der Waals surface area contributed by atoms with E-state index in [0.717, 1.165) is 11.1 Å². The Labute approximate surface area is 168 Å². The van der Waals surface area contributed by atoms with Gasteiger partial charge in [0.2, 0.25) is 21.8 Å². The molecule has 29 heavy (non-hydrogen) atoms. The Morgan fingerprint density at radius 3 is 2.41 bits per heavy atom. The van der Waals surface area contributed by atoms with Crippen molar-refractivity contribution in [2.45, 2.75) is 17.9 Å². The SMILES string of the molecule is COc1ccc(-c2nnc(CNCCc3ccc(S(N)(=O)=O)cc3)o2)cc1OC. The minimum Gasteiger partial charge on any atom is -0.493 e. The van der Waals surface area contributed by atoms with E-state index in [9.17, 15) is 8.42 Å². The van der Waals surface area contributed by atoms with Crippen LogP contribution >= 0.6 is 0 Å². The van der Waals surface area contributed by atoms with Gasteiger partial charge in [-0.3, -0.25) is 0 Å². The van der Waals surface area contributed by atoms with Gasteiger partial charge in [0, 0.05) is 5.56 Å². The van der Waals surface area contributed by atoms with E-state index in [1.807, 2.05) is 6.07 Å². The van der Waals surface area contributed by atoms with E-state index in [1.165, 1.54) is 12.1 Å². The number of hydrogen-bond donors (Lipinski definition) is 2. The highest BCUT2D eigenvalue weighted by Crippen LogP contribution is 2.31. The van der Waals surface area contributed by atoms with Crippen molar-refractivity contribution in [3.63, 3.8) is 0 Å². The largest absolute Gasteiger partial charge is 0.493 e. The number of aromatic nitrogens is 2. The van der Waals surface area contributed by atoms with Gasteiger partial charge in [0.25, 0.3) is 0 Å². The lowest BCUT2D eigenvalue weighted by Crippen LogP contribution is -2.17. The smallest absolute Gasteiger partial charge is 0.247 e. The number of nitrogens with two attached hydrogens (primary N) is 1. The normalized spacial score (nSPS) is 11.4. The number of ether oxygens (including phenoxy) is 2. The van der Waals surface area contributed by atoms with E-state index in [0.29, 0.717) is 42.8 Å². The second-order valence-electron chi connectivity index (χ2n) is 6.19. The molecule has 2 aromatic carbocycles. The molecule has 0 aliphatic carbocycles. The van der Waals surface area contributed by atoms with Crippen molar-refractivity contribution in [1.29, 1.82) is 0 Å². The number of primary sulfonamides is 1. The molecule has 0 saturated carbocycles. The summed E-state index contributed by atoms with van der Waals surface area (Å²) < 4.78 is 38.7. The standard InChI is InChI=1S/C19H22N4O5S/c1-26-16-8-5-14(11-17(16)27-2)19-23-22-18(28-19)12-21-10-9-13-3-6-15(7-4-13)29(20,24)25/h3-8,11,21H,9-10,12H2,1-2H3,(H2,20,24,25). The van der Waals surface area contributed by atoms with E-state index < -0.39 is 10.0 Å². The molecule has 3 aromatic rings. The molecule has 1 heterocycles. The maximum Gasteiger partial charge on any atom is 0.247 e. The number of sulfonamides is 1. The predicted octanol–water partition coefficient (Wildman–Crippen LogP) is 1.73. The molecule has 0 fully saturated rings. The van der Waals surface area contributed by atoms with Gasteiger partial charge in [-0.05, 0) is 48.9 Å². The Morgan fingerprint density at radius 1 is 1.03 bits per heavy atom. The third-order valence-corrected chi connectivity index (χ3v) is 5.15. The first-order valence-corrected chi connectivity index (χ1v) is 10.3. The van der Waals surface area contributed by atoms with Crippen LogP contribution in [-0.2, 0) is 23.0 Å². The van der Waals surface area contributed by atoms with Crippen molar-refractivity contribution in [3.05, 3.63) is 53.9 Å². The van der Waals surface area contributed by atoms with E-state index in [1.54, 1.807) is 38.5 Å². The van der Waals surface area contributed by atoms with E-state index in [2.05, 4.69) is 15.5 Å². The first-order valence-electron chi connectivity index (χ1n) is 8.78. The monoisotopic (exact) mass is 418 g/mol. The van der Waals surface area contributed by atoms with Crippen molar-refractivity contribution in [2.24, 2.45) is 5.14 Å². The van der Waals surface area contributed by atoms with Crippen LogP contribution < -0.4 is 19.9 Å². The zero-order chi connectivity index (χ0) is 20.9. The van der Waals surface area contributed by atoms with Crippen LogP contribution in [0.5, 0.6) is 11.5 Å². The Kier molecular flexibility index (Phi) is 6.47.